The van der Waals surface area contributed by atoms with Crippen LogP contribution in [0.1, 0.15) is 0 Å². The van der Waals surface area contributed by atoms with Gasteiger partial charge in [0, 0.05) is 7.05 Å². The van der Waals surface area contributed by atoms with Crippen LogP contribution in [0.5, 0.6) is 0 Å². The Morgan fingerprint density at radius 2 is 2.25 bits per heavy atom. The monoisotopic (exact) mass is 169 g/mol. The fraction of sp³-hybridized carbons (Fsp3) is 0.200. The molecule has 0 aliphatic carbocycles. The molecule has 0 fully saturated rings. The van der Waals surface area contributed by atoms with Crippen LogP contribution < -0.4 is 16.3 Å². The second-order valence-electron chi connectivity index (χ2n) is 1.85. The van der Waals surface area contributed by atoms with Crippen LogP contribution in [0.3, 0.4) is 0 Å². The van der Waals surface area contributed by atoms with E-state index in [-0.39, 0.29) is 11.6 Å². The summed E-state index contributed by atoms with van der Waals surface area (Å²) in [6.45, 7) is 0. The molecule has 1 rings (SSSR count). The fourth-order valence-electron chi connectivity index (χ4n) is 0.667. The van der Waals surface area contributed by atoms with Crippen molar-refractivity contribution in [3.63, 3.8) is 0 Å². The number of carbonyl (C=O) groups is 1. The van der Waals surface area contributed by atoms with Crippen molar-refractivity contribution < 1.29 is 4.79 Å². The van der Waals surface area contributed by atoms with Crippen LogP contribution in [-0.4, -0.2) is 28.6 Å². The van der Waals surface area contributed by atoms with Gasteiger partial charge in [0.2, 0.25) is 6.41 Å². The third kappa shape index (κ3) is 1.57. The van der Waals surface area contributed by atoms with Crippen molar-refractivity contribution in [3.05, 3.63) is 10.5 Å². The Morgan fingerprint density at radius 1 is 1.50 bits per heavy atom. The Hall–Kier alpha value is -1.92. The lowest BCUT2D eigenvalue weighted by Crippen LogP contribution is -2.17. The lowest BCUT2D eigenvalue weighted by molar-refractivity contribution is -0.105. The number of H-pyrrole nitrogens is 1. The number of hydrogen-bond donors (Lipinski definition) is 3. The normalized spacial score (nSPS) is 9.08. The lowest BCUT2D eigenvalue weighted by atomic mass is 10.6. The van der Waals surface area contributed by atoms with Crippen LogP contribution in [0.4, 0.5) is 11.6 Å². The predicted molar refractivity (Wildman–Crippen MR) is 41.9 cm³/mol. The minimum Gasteiger partial charge on any atom is -0.370 e. The van der Waals surface area contributed by atoms with E-state index in [2.05, 4.69) is 25.8 Å². The minimum atomic E-state index is -0.573. The van der Waals surface area contributed by atoms with Crippen molar-refractivity contribution in [2.45, 2.75) is 0 Å². The molecule has 0 saturated heterocycles. The molecule has 3 N–H and O–H groups in total. The summed E-state index contributed by atoms with van der Waals surface area (Å²) in [4.78, 5) is 24.2. The maximum atomic E-state index is 10.6. The smallest absolute Gasteiger partial charge is 0.363 e. The van der Waals surface area contributed by atoms with Gasteiger partial charge < -0.3 is 10.6 Å². The highest BCUT2D eigenvalue weighted by atomic mass is 16.1. The molecule has 0 aliphatic rings. The lowest BCUT2D eigenvalue weighted by Gasteiger charge is -2.01. The fourth-order valence-corrected chi connectivity index (χ4v) is 0.667. The molecule has 0 aromatic carbocycles. The van der Waals surface area contributed by atoms with Gasteiger partial charge in [0.1, 0.15) is 0 Å². The van der Waals surface area contributed by atoms with Crippen LogP contribution in [0.2, 0.25) is 0 Å². The molecule has 0 unspecified atom stereocenters. The molecule has 0 aliphatic heterocycles. The van der Waals surface area contributed by atoms with E-state index in [0.717, 1.165) is 0 Å². The molecule has 1 heterocycles. The number of hydrogen-bond acceptors (Lipinski definition) is 5. The topological polar surface area (TPSA) is 99.8 Å². The molecule has 12 heavy (non-hydrogen) atoms. The van der Waals surface area contributed by atoms with E-state index in [1.165, 1.54) is 0 Å². The van der Waals surface area contributed by atoms with E-state index in [1.54, 1.807) is 7.05 Å². The zero-order chi connectivity index (χ0) is 8.97. The van der Waals surface area contributed by atoms with Crippen molar-refractivity contribution >= 4 is 18.0 Å². The second kappa shape index (κ2) is 3.46. The van der Waals surface area contributed by atoms with Gasteiger partial charge in [0.15, 0.2) is 11.6 Å². The Kier molecular flexibility index (Phi) is 2.36. The van der Waals surface area contributed by atoms with Gasteiger partial charge in [-0.05, 0) is 0 Å². The Balaban J connectivity index is 3.10. The molecule has 0 radical (unpaired) electrons. The first-order valence-corrected chi connectivity index (χ1v) is 3.12. The van der Waals surface area contributed by atoms with Crippen molar-refractivity contribution in [1.82, 2.24) is 15.2 Å². The van der Waals surface area contributed by atoms with Crippen LogP contribution in [0.15, 0.2) is 4.79 Å². The van der Waals surface area contributed by atoms with Crippen molar-refractivity contribution in [2.24, 2.45) is 0 Å². The Morgan fingerprint density at radius 3 is 2.83 bits per heavy atom. The van der Waals surface area contributed by atoms with Crippen LogP contribution >= 0.6 is 0 Å². The maximum absolute atomic E-state index is 10.6. The van der Waals surface area contributed by atoms with Gasteiger partial charge in [-0.2, -0.15) is 4.98 Å². The molecular formula is C5H7N5O2. The zero-order valence-electron chi connectivity index (χ0n) is 6.29. The number of carbonyl (C=O) groups excluding carboxylic acids is 1. The van der Waals surface area contributed by atoms with E-state index in [0.29, 0.717) is 6.41 Å². The van der Waals surface area contributed by atoms with E-state index < -0.39 is 5.69 Å². The molecular weight excluding hydrogens is 162 g/mol. The average Bonchev–Trinajstić information content (AvgIpc) is 2.08. The molecule has 0 saturated carbocycles. The quantitative estimate of drug-likeness (QED) is 0.492. The van der Waals surface area contributed by atoms with Crippen LogP contribution in [-0.2, 0) is 4.79 Å². The van der Waals surface area contributed by atoms with Crippen molar-refractivity contribution in [3.8, 4) is 0 Å². The van der Waals surface area contributed by atoms with Crippen molar-refractivity contribution in [2.75, 3.05) is 17.7 Å². The average molecular weight is 169 g/mol. The molecule has 7 heteroatoms. The van der Waals surface area contributed by atoms with Gasteiger partial charge in [-0.3, -0.25) is 4.79 Å². The van der Waals surface area contributed by atoms with Crippen LogP contribution in [0.25, 0.3) is 0 Å². The molecule has 1 aromatic rings. The first-order valence-electron chi connectivity index (χ1n) is 3.12. The number of amides is 1. The van der Waals surface area contributed by atoms with E-state index in [1.807, 2.05) is 0 Å². The number of nitrogens with zero attached hydrogens (tertiary/aromatic N) is 2. The molecule has 64 valence electrons. The summed E-state index contributed by atoms with van der Waals surface area (Å²) >= 11 is 0. The summed E-state index contributed by atoms with van der Waals surface area (Å²) < 4.78 is 0. The molecule has 0 spiro atoms. The van der Waals surface area contributed by atoms with Crippen molar-refractivity contribution in [1.29, 1.82) is 0 Å². The zero-order valence-corrected chi connectivity index (χ0v) is 6.29. The van der Waals surface area contributed by atoms with Gasteiger partial charge in [-0.1, -0.05) is 0 Å². The SMILES string of the molecule is CNc1nc(=O)[nH]nc1NC=O. The Labute approximate surface area is 67.2 Å². The summed E-state index contributed by atoms with van der Waals surface area (Å²) in [7, 11) is 1.57. The first kappa shape index (κ1) is 8.18. The number of aromatic nitrogens is 3. The van der Waals surface area contributed by atoms with E-state index in [4.69, 9.17) is 0 Å². The summed E-state index contributed by atoms with van der Waals surface area (Å²) in [5.74, 6) is 0.415. The molecule has 7 nitrogen and oxygen atoms in total. The molecule has 1 aromatic heterocycles. The largest absolute Gasteiger partial charge is 0.370 e. The van der Waals surface area contributed by atoms with Gasteiger partial charge >= 0.3 is 5.69 Å². The van der Waals surface area contributed by atoms with Gasteiger partial charge in [-0.15, -0.1) is 5.10 Å². The highest BCUT2D eigenvalue weighted by Crippen LogP contribution is 2.08. The summed E-state index contributed by atoms with van der Waals surface area (Å²) in [6, 6.07) is 0. The Bertz CT molecular complexity index is 333. The first-order chi connectivity index (χ1) is 5.77. The van der Waals surface area contributed by atoms with Gasteiger partial charge in [0.05, 0.1) is 0 Å². The van der Waals surface area contributed by atoms with E-state index >= 15 is 0 Å². The van der Waals surface area contributed by atoms with Gasteiger partial charge in [0.25, 0.3) is 0 Å². The van der Waals surface area contributed by atoms with Crippen LogP contribution in [0, 0.1) is 0 Å². The summed E-state index contributed by atoms with van der Waals surface area (Å²) in [6.07, 6.45) is 0.448. The number of rotatable bonds is 3. The third-order valence-electron chi connectivity index (χ3n) is 1.13. The second-order valence-corrected chi connectivity index (χ2v) is 1.85. The third-order valence-corrected chi connectivity index (χ3v) is 1.13. The summed E-state index contributed by atoms with van der Waals surface area (Å²) in [5, 5.41) is 10.5. The molecule has 0 bridgehead atoms. The maximum Gasteiger partial charge on any atom is 0.363 e. The highest BCUT2D eigenvalue weighted by molar-refractivity contribution is 5.75. The number of anilines is 2. The summed E-state index contributed by atoms with van der Waals surface area (Å²) in [5.41, 5.74) is -0.573. The van der Waals surface area contributed by atoms with Gasteiger partial charge in [-0.25, -0.2) is 9.89 Å². The number of nitrogens with one attached hydrogen (secondary N) is 3. The number of aromatic amines is 1. The highest BCUT2D eigenvalue weighted by Gasteiger charge is 2.02. The molecule has 1 amide bonds. The molecule has 0 atom stereocenters. The predicted octanol–water partition coefficient (Wildman–Crippen LogP) is -1.23. The standard InChI is InChI=1S/C5H7N5O2/c1-6-3-4(7-2-11)9-10-5(12)8-3/h2H,1H3,(H,7,9,11)(H2,6,8,10,12). The van der Waals surface area contributed by atoms with E-state index in [9.17, 15) is 9.59 Å². The minimum absolute atomic E-state index is 0.187.